The van der Waals surface area contributed by atoms with E-state index in [0.717, 1.165) is 37.8 Å². The number of pyridine rings is 1. The molecule has 3 aromatic rings. The Hall–Kier alpha value is -2.96. The Morgan fingerprint density at radius 3 is 2.74 bits per heavy atom. The monoisotopic (exact) mass is 473 g/mol. The van der Waals surface area contributed by atoms with Gasteiger partial charge >= 0.3 is 0 Å². The zero-order valence-electron chi connectivity index (χ0n) is 20.7. The molecule has 2 aliphatic rings. The van der Waals surface area contributed by atoms with Gasteiger partial charge in [0, 0.05) is 45.6 Å². The number of aryl methyl sites for hydroxylation is 1. The van der Waals surface area contributed by atoms with E-state index in [4.69, 9.17) is 4.74 Å². The molecule has 6 heteroatoms. The van der Waals surface area contributed by atoms with E-state index in [2.05, 4.69) is 46.6 Å². The van der Waals surface area contributed by atoms with Gasteiger partial charge in [-0.1, -0.05) is 36.4 Å². The first kappa shape index (κ1) is 23.8. The Labute approximate surface area is 206 Å². The molecule has 1 saturated heterocycles. The summed E-state index contributed by atoms with van der Waals surface area (Å²) in [5, 5.41) is 5.85. The maximum Gasteiger partial charge on any atom is 0.250 e. The van der Waals surface area contributed by atoms with Gasteiger partial charge in [0.2, 0.25) is 5.91 Å². The number of aromatic nitrogens is 1. The molecule has 0 radical (unpaired) electrons. The molecule has 0 bridgehead atoms. The van der Waals surface area contributed by atoms with Crippen LogP contribution in [0.1, 0.15) is 41.9 Å². The van der Waals surface area contributed by atoms with Crippen LogP contribution in [-0.4, -0.2) is 48.2 Å². The van der Waals surface area contributed by atoms with E-state index in [1.165, 1.54) is 21.9 Å². The number of nitrogens with one attached hydrogen (secondary N) is 1. The third-order valence-electron chi connectivity index (χ3n) is 7.57. The highest BCUT2D eigenvalue weighted by Crippen LogP contribution is 2.36. The van der Waals surface area contributed by atoms with Gasteiger partial charge in [0.1, 0.15) is 0 Å². The number of methoxy groups -OCH3 is 1. The van der Waals surface area contributed by atoms with E-state index in [9.17, 15) is 9.59 Å². The summed E-state index contributed by atoms with van der Waals surface area (Å²) in [5.74, 6) is 0.0971. The lowest BCUT2D eigenvalue weighted by Gasteiger charge is -2.36. The summed E-state index contributed by atoms with van der Waals surface area (Å²) >= 11 is 0. The Morgan fingerprint density at radius 1 is 1.14 bits per heavy atom. The van der Waals surface area contributed by atoms with Crippen molar-refractivity contribution in [3.8, 4) is 0 Å². The van der Waals surface area contributed by atoms with Crippen LogP contribution in [0.5, 0.6) is 0 Å². The summed E-state index contributed by atoms with van der Waals surface area (Å²) in [6, 6.07) is 16.9. The van der Waals surface area contributed by atoms with Crippen LogP contribution in [0.15, 0.2) is 59.5 Å². The fourth-order valence-electron chi connectivity index (χ4n) is 5.43. The third kappa shape index (κ3) is 5.19. The number of benzene rings is 2. The summed E-state index contributed by atoms with van der Waals surface area (Å²) in [6.45, 7) is 2.80. The van der Waals surface area contributed by atoms with Crippen LogP contribution in [0.2, 0.25) is 0 Å². The van der Waals surface area contributed by atoms with Crippen LogP contribution in [0.3, 0.4) is 0 Å². The van der Waals surface area contributed by atoms with E-state index in [1.807, 2.05) is 12.3 Å². The summed E-state index contributed by atoms with van der Waals surface area (Å²) in [5.41, 5.74) is 3.39. The Balaban J connectivity index is 1.46. The quantitative estimate of drug-likeness (QED) is 0.543. The molecule has 2 fully saturated rings. The normalized spacial score (nSPS) is 20.2. The Kier molecular flexibility index (Phi) is 7.02. The summed E-state index contributed by atoms with van der Waals surface area (Å²) in [7, 11) is 3.49. The topological polar surface area (TPSA) is 63.6 Å². The number of amides is 1. The Morgan fingerprint density at radius 2 is 1.97 bits per heavy atom. The van der Waals surface area contributed by atoms with Gasteiger partial charge < -0.3 is 19.5 Å². The molecule has 1 aliphatic heterocycles. The molecule has 0 spiro atoms. The summed E-state index contributed by atoms with van der Waals surface area (Å²) < 4.78 is 6.90. The van der Waals surface area contributed by atoms with Crippen molar-refractivity contribution in [2.45, 2.75) is 44.2 Å². The Bertz CT molecular complexity index is 1260. The van der Waals surface area contributed by atoms with Crippen molar-refractivity contribution in [1.29, 1.82) is 0 Å². The first-order valence-corrected chi connectivity index (χ1v) is 12.7. The molecule has 184 valence electrons. The van der Waals surface area contributed by atoms with Crippen LogP contribution in [0.25, 0.3) is 10.8 Å². The molecular formula is C29H35N3O3. The van der Waals surface area contributed by atoms with Crippen LogP contribution < -0.4 is 10.9 Å². The van der Waals surface area contributed by atoms with Crippen molar-refractivity contribution in [2.24, 2.45) is 13.0 Å². The number of piperidine rings is 1. The van der Waals surface area contributed by atoms with Gasteiger partial charge in [0.05, 0.1) is 12.5 Å². The minimum absolute atomic E-state index is 0.0226. The average Bonchev–Trinajstić information content (AvgIpc) is 3.72. The molecule has 1 aromatic heterocycles. The van der Waals surface area contributed by atoms with Crippen molar-refractivity contribution in [3.05, 3.63) is 81.8 Å². The molecule has 5 rings (SSSR count). The molecule has 2 aromatic carbocycles. The molecule has 1 N–H and O–H groups in total. The second-order valence-corrected chi connectivity index (χ2v) is 10.0. The standard InChI is InChI=1S/C29H35N3O3/c1-31-13-10-22(17-28(31)33)26-9-12-30-18-27(26)29(34)32(24-7-8-24)19-23-16-20(11-14-35-2)15-21-5-3-4-6-25(21)23/h3-6,10,13,15-17,24,26-27,30H,7-9,11-12,14,18-19H2,1-2H3/t26-,27?/m1/s1. The zero-order valence-corrected chi connectivity index (χ0v) is 20.7. The van der Waals surface area contributed by atoms with Gasteiger partial charge in [0.25, 0.3) is 5.56 Å². The number of hydrogen-bond donors (Lipinski definition) is 1. The van der Waals surface area contributed by atoms with Gasteiger partial charge in [-0.25, -0.2) is 0 Å². The van der Waals surface area contributed by atoms with E-state index in [0.29, 0.717) is 25.7 Å². The zero-order chi connectivity index (χ0) is 24.4. The SMILES string of the molecule is COCCc1cc(CN(C(=O)C2CNCC[C@@H]2c2ccn(C)c(=O)c2)C2CC2)c2ccccc2c1. The largest absolute Gasteiger partial charge is 0.384 e. The molecule has 2 atom stereocenters. The smallest absolute Gasteiger partial charge is 0.250 e. The molecule has 35 heavy (non-hydrogen) atoms. The van der Waals surface area contributed by atoms with Crippen LogP contribution >= 0.6 is 0 Å². The fraction of sp³-hybridized carbons (Fsp3) is 0.448. The lowest BCUT2D eigenvalue weighted by molar-refractivity contribution is -0.138. The van der Waals surface area contributed by atoms with Crippen molar-refractivity contribution in [3.63, 3.8) is 0 Å². The van der Waals surface area contributed by atoms with Gasteiger partial charge in [-0.15, -0.1) is 0 Å². The molecule has 2 heterocycles. The van der Waals surface area contributed by atoms with Gasteiger partial charge in [-0.3, -0.25) is 9.59 Å². The molecule has 1 saturated carbocycles. The van der Waals surface area contributed by atoms with Gasteiger partial charge in [0.15, 0.2) is 0 Å². The minimum Gasteiger partial charge on any atom is -0.384 e. The molecule has 1 amide bonds. The number of rotatable bonds is 8. The van der Waals surface area contributed by atoms with Crippen molar-refractivity contribution < 1.29 is 9.53 Å². The number of nitrogens with zero attached hydrogens (tertiary/aromatic N) is 2. The molecular weight excluding hydrogens is 438 g/mol. The van der Waals surface area contributed by atoms with E-state index in [1.54, 1.807) is 24.8 Å². The maximum absolute atomic E-state index is 14.1. The molecule has 6 nitrogen and oxygen atoms in total. The van der Waals surface area contributed by atoms with E-state index in [-0.39, 0.29) is 23.3 Å². The second-order valence-electron chi connectivity index (χ2n) is 10.0. The van der Waals surface area contributed by atoms with Crippen molar-refractivity contribution in [2.75, 3.05) is 26.8 Å². The third-order valence-corrected chi connectivity index (χ3v) is 7.57. The predicted octanol–water partition coefficient (Wildman–Crippen LogP) is 3.61. The number of carbonyl (C=O) groups is 1. The minimum atomic E-state index is -0.167. The van der Waals surface area contributed by atoms with Gasteiger partial charge in [-0.2, -0.15) is 0 Å². The highest BCUT2D eigenvalue weighted by Gasteiger charge is 2.40. The number of carbonyl (C=O) groups excluding carboxylic acids is 1. The van der Waals surface area contributed by atoms with Crippen molar-refractivity contribution >= 4 is 16.7 Å². The number of fused-ring (bicyclic) bond motifs is 1. The number of hydrogen-bond acceptors (Lipinski definition) is 4. The highest BCUT2D eigenvalue weighted by molar-refractivity contribution is 5.87. The highest BCUT2D eigenvalue weighted by atomic mass is 16.5. The van der Waals surface area contributed by atoms with Crippen molar-refractivity contribution in [1.82, 2.24) is 14.8 Å². The van der Waals surface area contributed by atoms with Crippen LogP contribution in [-0.2, 0) is 29.5 Å². The molecule has 1 aliphatic carbocycles. The van der Waals surface area contributed by atoms with E-state index >= 15 is 0 Å². The van der Waals surface area contributed by atoms with Gasteiger partial charge in [-0.05, 0) is 71.7 Å². The first-order valence-electron chi connectivity index (χ1n) is 12.7. The fourth-order valence-corrected chi connectivity index (χ4v) is 5.43. The lowest BCUT2D eigenvalue weighted by atomic mass is 9.80. The van der Waals surface area contributed by atoms with E-state index < -0.39 is 0 Å². The molecule has 1 unspecified atom stereocenters. The van der Waals surface area contributed by atoms with Crippen LogP contribution in [0, 0.1) is 5.92 Å². The number of ether oxygens (including phenoxy) is 1. The predicted molar refractivity (Wildman–Crippen MR) is 139 cm³/mol. The lowest BCUT2D eigenvalue weighted by Crippen LogP contribution is -2.47. The summed E-state index contributed by atoms with van der Waals surface area (Å²) in [6.07, 6.45) is 5.64. The first-order chi connectivity index (χ1) is 17.0. The summed E-state index contributed by atoms with van der Waals surface area (Å²) in [4.78, 5) is 28.5. The second kappa shape index (κ2) is 10.3. The maximum atomic E-state index is 14.1. The average molecular weight is 474 g/mol. The van der Waals surface area contributed by atoms with Crippen LogP contribution in [0.4, 0.5) is 0 Å².